The molecular formula is C16H14Cl2O2. The van der Waals surface area contributed by atoms with E-state index in [-0.39, 0.29) is 5.38 Å². The number of methoxy groups -OCH3 is 1. The molecule has 20 heavy (non-hydrogen) atoms. The van der Waals surface area contributed by atoms with Crippen LogP contribution in [-0.2, 0) is 18.0 Å². The van der Waals surface area contributed by atoms with Crippen molar-refractivity contribution < 1.29 is 9.47 Å². The Hall–Kier alpha value is -1.22. The molecule has 1 atom stereocenters. The van der Waals surface area contributed by atoms with Crippen LogP contribution in [0.1, 0.15) is 27.6 Å². The summed E-state index contributed by atoms with van der Waals surface area (Å²) in [5, 5.41) is 0.352. The van der Waals surface area contributed by atoms with Gasteiger partial charge in [0.25, 0.3) is 0 Å². The average Bonchev–Trinajstić information content (AvgIpc) is 2.93. The number of hydrogen-bond donors (Lipinski definition) is 0. The van der Waals surface area contributed by atoms with Gasteiger partial charge in [0, 0.05) is 10.6 Å². The van der Waals surface area contributed by atoms with Crippen molar-refractivity contribution in [3.05, 3.63) is 63.7 Å². The molecule has 1 unspecified atom stereocenters. The lowest BCUT2D eigenvalue weighted by Gasteiger charge is -2.15. The van der Waals surface area contributed by atoms with E-state index in [2.05, 4.69) is 12.1 Å². The van der Waals surface area contributed by atoms with Crippen molar-refractivity contribution in [2.24, 2.45) is 0 Å². The van der Waals surface area contributed by atoms with Crippen molar-refractivity contribution in [3.8, 4) is 5.75 Å². The predicted octanol–water partition coefficient (Wildman–Crippen LogP) is 4.71. The van der Waals surface area contributed by atoms with Crippen LogP contribution in [0.4, 0.5) is 0 Å². The van der Waals surface area contributed by atoms with Crippen molar-refractivity contribution in [1.29, 1.82) is 0 Å². The van der Waals surface area contributed by atoms with Gasteiger partial charge in [-0.2, -0.15) is 0 Å². The minimum absolute atomic E-state index is 0.297. The quantitative estimate of drug-likeness (QED) is 0.765. The van der Waals surface area contributed by atoms with E-state index in [1.807, 2.05) is 18.2 Å². The third kappa shape index (κ3) is 2.51. The predicted molar refractivity (Wildman–Crippen MR) is 80.6 cm³/mol. The zero-order valence-corrected chi connectivity index (χ0v) is 12.5. The van der Waals surface area contributed by atoms with E-state index in [4.69, 9.17) is 32.7 Å². The standard InChI is InChI=1S/C16H14Cl2O2/c1-19-15-5-4-13(17)7-14(15)16(18)10-2-3-11-8-20-9-12(11)6-10/h2-7,16H,8-9H2,1H3. The summed E-state index contributed by atoms with van der Waals surface area (Å²) in [7, 11) is 1.63. The van der Waals surface area contributed by atoms with Crippen LogP contribution in [0.15, 0.2) is 36.4 Å². The molecule has 0 saturated heterocycles. The first-order valence-corrected chi connectivity index (χ1v) is 7.17. The van der Waals surface area contributed by atoms with Gasteiger partial charge in [0.1, 0.15) is 5.75 Å². The molecule has 2 nitrogen and oxygen atoms in total. The van der Waals surface area contributed by atoms with Crippen LogP contribution in [0.25, 0.3) is 0 Å². The lowest BCUT2D eigenvalue weighted by molar-refractivity contribution is 0.134. The van der Waals surface area contributed by atoms with Gasteiger partial charge < -0.3 is 9.47 Å². The van der Waals surface area contributed by atoms with Crippen molar-refractivity contribution in [2.45, 2.75) is 18.6 Å². The highest BCUT2D eigenvalue weighted by Gasteiger charge is 2.19. The maximum atomic E-state index is 6.61. The highest BCUT2D eigenvalue weighted by atomic mass is 35.5. The Balaban J connectivity index is 2.00. The molecule has 0 aromatic heterocycles. The van der Waals surface area contributed by atoms with E-state index in [9.17, 15) is 0 Å². The molecule has 4 heteroatoms. The second-order valence-electron chi connectivity index (χ2n) is 4.77. The van der Waals surface area contributed by atoms with E-state index < -0.39 is 0 Å². The molecule has 0 spiro atoms. The Kier molecular flexibility index (Phi) is 3.88. The Morgan fingerprint density at radius 3 is 2.70 bits per heavy atom. The number of rotatable bonds is 3. The molecule has 1 aliphatic rings. The second kappa shape index (κ2) is 5.65. The third-order valence-electron chi connectivity index (χ3n) is 3.50. The zero-order valence-electron chi connectivity index (χ0n) is 11.0. The molecule has 2 aromatic carbocycles. The summed E-state index contributed by atoms with van der Waals surface area (Å²) in [6.07, 6.45) is 0. The minimum Gasteiger partial charge on any atom is -0.496 e. The normalized spacial score (nSPS) is 14.9. The first-order chi connectivity index (χ1) is 9.69. The molecule has 0 amide bonds. The number of ether oxygens (including phenoxy) is 2. The summed E-state index contributed by atoms with van der Waals surface area (Å²) in [5.74, 6) is 0.742. The fourth-order valence-electron chi connectivity index (χ4n) is 2.43. The average molecular weight is 309 g/mol. The van der Waals surface area contributed by atoms with E-state index in [0.29, 0.717) is 18.2 Å². The van der Waals surface area contributed by atoms with Gasteiger partial charge in [0.15, 0.2) is 0 Å². The van der Waals surface area contributed by atoms with E-state index in [1.54, 1.807) is 13.2 Å². The molecule has 1 heterocycles. The van der Waals surface area contributed by atoms with Gasteiger partial charge in [-0.15, -0.1) is 11.6 Å². The molecule has 1 aliphatic heterocycles. The van der Waals surface area contributed by atoms with Gasteiger partial charge in [-0.3, -0.25) is 0 Å². The van der Waals surface area contributed by atoms with Crippen molar-refractivity contribution >= 4 is 23.2 Å². The molecule has 104 valence electrons. The minimum atomic E-state index is -0.297. The molecule has 0 saturated carbocycles. The number of fused-ring (bicyclic) bond motifs is 1. The largest absolute Gasteiger partial charge is 0.496 e. The molecule has 0 bridgehead atoms. The summed E-state index contributed by atoms with van der Waals surface area (Å²) >= 11 is 12.7. The zero-order chi connectivity index (χ0) is 14.1. The van der Waals surface area contributed by atoms with Crippen molar-refractivity contribution in [1.82, 2.24) is 0 Å². The number of alkyl halides is 1. The van der Waals surface area contributed by atoms with Crippen LogP contribution in [0.5, 0.6) is 5.75 Å². The van der Waals surface area contributed by atoms with E-state index in [1.165, 1.54) is 11.1 Å². The lowest BCUT2D eigenvalue weighted by Crippen LogP contribution is -1.98. The van der Waals surface area contributed by atoms with Crippen LogP contribution in [0.2, 0.25) is 5.02 Å². The van der Waals surface area contributed by atoms with Crippen LogP contribution in [0, 0.1) is 0 Å². The Morgan fingerprint density at radius 2 is 1.90 bits per heavy atom. The Labute approximate surface area is 128 Å². The van der Waals surface area contributed by atoms with Crippen LogP contribution >= 0.6 is 23.2 Å². The molecule has 0 fully saturated rings. The fraction of sp³-hybridized carbons (Fsp3) is 0.250. The SMILES string of the molecule is COc1ccc(Cl)cc1C(Cl)c1ccc2c(c1)COC2. The van der Waals surface area contributed by atoms with E-state index >= 15 is 0 Å². The number of benzene rings is 2. The fourth-order valence-corrected chi connectivity index (χ4v) is 2.92. The smallest absolute Gasteiger partial charge is 0.123 e. The first kappa shape index (κ1) is 13.7. The number of halogens is 2. The maximum Gasteiger partial charge on any atom is 0.123 e. The van der Waals surface area contributed by atoms with Gasteiger partial charge in [0.05, 0.1) is 25.7 Å². The topological polar surface area (TPSA) is 18.5 Å². The van der Waals surface area contributed by atoms with Gasteiger partial charge in [0.2, 0.25) is 0 Å². The van der Waals surface area contributed by atoms with Crippen LogP contribution in [-0.4, -0.2) is 7.11 Å². The Bertz CT molecular complexity index is 640. The van der Waals surface area contributed by atoms with Gasteiger partial charge in [-0.25, -0.2) is 0 Å². The van der Waals surface area contributed by atoms with Gasteiger partial charge in [-0.05, 0) is 34.9 Å². The lowest BCUT2D eigenvalue weighted by atomic mass is 9.99. The Morgan fingerprint density at radius 1 is 1.10 bits per heavy atom. The monoisotopic (exact) mass is 308 g/mol. The molecule has 0 N–H and O–H groups in total. The molecule has 0 radical (unpaired) electrons. The number of hydrogen-bond acceptors (Lipinski definition) is 2. The van der Waals surface area contributed by atoms with Crippen molar-refractivity contribution in [2.75, 3.05) is 7.11 Å². The first-order valence-electron chi connectivity index (χ1n) is 6.36. The highest BCUT2D eigenvalue weighted by Crippen LogP contribution is 2.37. The molecule has 2 aromatic rings. The second-order valence-corrected chi connectivity index (χ2v) is 5.64. The summed E-state index contributed by atoms with van der Waals surface area (Å²) in [4.78, 5) is 0. The molecule has 3 rings (SSSR count). The van der Waals surface area contributed by atoms with Crippen LogP contribution in [0.3, 0.4) is 0 Å². The van der Waals surface area contributed by atoms with E-state index in [0.717, 1.165) is 16.9 Å². The summed E-state index contributed by atoms with van der Waals surface area (Å²) in [6.45, 7) is 1.34. The third-order valence-corrected chi connectivity index (χ3v) is 4.23. The maximum absolute atomic E-state index is 6.61. The molecular weight excluding hydrogens is 295 g/mol. The summed E-state index contributed by atoms with van der Waals surface area (Å²) in [5.41, 5.74) is 4.34. The molecule has 0 aliphatic carbocycles. The summed E-state index contributed by atoms with van der Waals surface area (Å²) in [6, 6.07) is 11.7. The highest BCUT2D eigenvalue weighted by molar-refractivity contribution is 6.31. The van der Waals surface area contributed by atoms with Crippen LogP contribution < -0.4 is 4.74 Å². The van der Waals surface area contributed by atoms with Gasteiger partial charge in [-0.1, -0.05) is 29.8 Å². The van der Waals surface area contributed by atoms with Crippen molar-refractivity contribution in [3.63, 3.8) is 0 Å². The van der Waals surface area contributed by atoms with Gasteiger partial charge >= 0.3 is 0 Å². The summed E-state index contributed by atoms with van der Waals surface area (Å²) < 4.78 is 10.8.